The number of thioether (sulfide) groups is 1. The van der Waals surface area contributed by atoms with E-state index in [1.54, 1.807) is 22.9 Å². The van der Waals surface area contributed by atoms with E-state index in [1.807, 2.05) is 19.9 Å². The van der Waals surface area contributed by atoms with Crippen LogP contribution in [-0.4, -0.2) is 46.2 Å². The minimum absolute atomic E-state index is 0.00878. The van der Waals surface area contributed by atoms with Crippen molar-refractivity contribution in [2.45, 2.75) is 43.6 Å². The van der Waals surface area contributed by atoms with Crippen LogP contribution >= 0.6 is 11.8 Å². The van der Waals surface area contributed by atoms with Gasteiger partial charge in [0.1, 0.15) is 11.6 Å². The predicted molar refractivity (Wildman–Crippen MR) is 117 cm³/mol. The first-order valence-electron chi connectivity index (χ1n) is 10.1. The maximum absolute atomic E-state index is 13.1. The smallest absolute Gasteiger partial charge is 0.270 e. The number of H-pyrrole nitrogens is 1. The summed E-state index contributed by atoms with van der Waals surface area (Å²) < 4.78 is 13.0. The molecule has 9 nitrogen and oxygen atoms in total. The van der Waals surface area contributed by atoms with Gasteiger partial charge in [0.05, 0.1) is 28.2 Å². The molecular formula is C21H26N4O5S. The van der Waals surface area contributed by atoms with E-state index in [2.05, 4.69) is 10.4 Å². The van der Waals surface area contributed by atoms with Gasteiger partial charge in [-0.3, -0.25) is 24.2 Å². The number of fused-ring (bicyclic) bond motifs is 1. The number of carbonyl (C=O) groups excluding carboxylic acids is 2. The highest BCUT2D eigenvalue weighted by atomic mass is 32.2. The van der Waals surface area contributed by atoms with Gasteiger partial charge in [-0.2, -0.15) is 0 Å². The number of primary amides is 1. The molecule has 166 valence electrons. The molecule has 31 heavy (non-hydrogen) atoms. The number of nitrogens with one attached hydrogen (secondary N) is 2. The summed E-state index contributed by atoms with van der Waals surface area (Å²) in [5, 5.41) is 5.51. The molecule has 10 heteroatoms. The minimum atomic E-state index is -0.570. The molecule has 2 aliphatic heterocycles. The van der Waals surface area contributed by atoms with E-state index >= 15 is 0 Å². The lowest BCUT2D eigenvalue weighted by Crippen LogP contribution is -2.36. The zero-order chi connectivity index (χ0) is 22.2. The number of hydrogen-bond donors (Lipinski definition) is 3. The van der Waals surface area contributed by atoms with E-state index in [4.69, 9.17) is 15.2 Å². The number of ether oxygens (including phenoxy) is 2. The first kappa shape index (κ1) is 21.5. The molecule has 1 fully saturated rings. The highest BCUT2D eigenvalue weighted by molar-refractivity contribution is 8.00. The summed E-state index contributed by atoms with van der Waals surface area (Å²) in [5.41, 5.74) is 5.93. The highest BCUT2D eigenvalue weighted by Crippen LogP contribution is 2.42. The Bertz CT molecular complexity index is 1060. The monoisotopic (exact) mass is 446 g/mol. The van der Waals surface area contributed by atoms with Gasteiger partial charge in [-0.25, -0.2) is 0 Å². The van der Waals surface area contributed by atoms with Crippen molar-refractivity contribution in [1.82, 2.24) is 9.78 Å². The van der Waals surface area contributed by atoms with E-state index in [0.717, 1.165) is 12.0 Å². The van der Waals surface area contributed by atoms with Gasteiger partial charge < -0.3 is 20.5 Å². The molecule has 3 heterocycles. The second kappa shape index (κ2) is 8.43. The van der Waals surface area contributed by atoms with Crippen LogP contribution in [0.2, 0.25) is 0 Å². The van der Waals surface area contributed by atoms with Crippen LogP contribution in [0.15, 0.2) is 29.1 Å². The Labute approximate surface area is 183 Å². The molecule has 0 aliphatic carbocycles. The van der Waals surface area contributed by atoms with Crippen LogP contribution in [0, 0.1) is 0 Å². The lowest BCUT2D eigenvalue weighted by molar-refractivity contribution is -0.120. The summed E-state index contributed by atoms with van der Waals surface area (Å²) in [6.07, 6.45) is 1.46. The molecule has 2 amide bonds. The van der Waals surface area contributed by atoms with Crippen LogP contribution in [0.25, 0.3) is 0 Å². The van der Waals surface area contributed by atoms with E-state index in [1.165, 1.54) is 11.8 Å². The zero-order valence-corrected chi connectivity index (χ0v) is 18.3. The summed E-state index contributed by atoms with van der Waals surface area (Å²) in [6, 6.07) is 7.17. The average molecular weight is 447 g/mol. The number of aromatic amines is 1. The predicted octanol–water partition coefficient (Wildman–Crippen LogP) is 1.95. The molecule has 1 saturated heterocycles. The van der Waals surface area contributed by atoms with Gasteiger partial charge in [0.2, 0.25) is 5.91 Å². The molecule has 0 unspecified atom stereocenters. The fourth-order valence-electron chi connectivity index (χ4n) is 4.12. The second-order valence-electron chi connectivity index (χ2n) is 8.39. The summed E-state index contributed by atoms with van der Waals surface area (Å²) in [6.45, 7) is 4.39. The fourth-order valence-corrected chi connectivity index (χ4v) is 5.24. The number of aromatic nitrogens is 2. The number of carbonyl (C=O) groups is 2. The third-order valence-electron chi connectivity index (χ3n) is 5.44. The molecule has 1 aromatic carbocycles. The zero-order valence-electron chi connectivity index (χ0n) is 17.5. The average Bonchev–Trinajstić information content (AvgIpc) is 2.91. The topological polar surface area (TPSA) is 128 Å². The van der Waals surface area contributed by atoms with Crippen molar-refractivity contribution in [3.63, 3.8) is 0 Å². The molecule has 0 bridgehead atoms. The Balaban J connectivity index is 1.73. The van der Waals surface area contributed by atoms with Gasteiger partial charge in [-0.05, 0) is 44.4 Å². The summed E-state index contributed by atoms with van der Waals surface area (Å²) >= 11 is 1.38. The fraction of sp³-hybridized carbons (Fsp3) is 0.476. The molecule has 2 atom stereocenters. The van der Waals surface area contributed by atoms with Crippen molar-refractivity contribution in [1.29, 1.82) is 0 Å². The van der Waals surface area contributed by atoms with Crippen molar-refractivity contribution in [2.24, 2.45) is 5.73 Å². The maximum atomic E-state index is 13.1. The third kappa shape index (κ3) is 4.64. The van der Waals surface area contributed by atoms with Crippen molar-refractivity contribution >= 4 is 29.4 Å². The molecule has 0 saturated carbocycles. The Hall–Kier alpha value is -2.72. The lowest BCUT2D eigenvalue weighted by Gasteiger charge is -2.36. The third-order valence-corrected chi connectivity index (χ3v) is 6.71. The van der Waals surface area contributed by atoms with Crippen LogP contribution in [-0.2, 0) is 14.3 Å². The Kier molecular flexibility index (Phi) is 5.85. The molecule has 0 spiro atoms. The Morgan fingerprint density at radius 3 is 2.94 bits per heavy atom. The van der Waals surface area contributed by atoms with Gasteiger partial charge in [0.25, 0.3) is 11.5 Å². The molecular weight excluding hydrogens is 420 g/mol. The molecule has 1 aromatic heterocycles. The van der Waals surface area contributed by atoms with Crippen molar-refractivity contribution in [2.75, 3.05) is 24.3 Å². The summed E-state index contributed by atoms with van der Waals surface area (Å²) in [7, 11) is 0. The van der Waals surface area contributed by atoms with Gasteiger partial charge in [-0.15, -0.1) is 11.8 Å². The molecule has 0 radical (unpaired) electrons. The number of nitrogens with two attached hydrogens (primary N) is 1. The van der Waals surface area contributed by atoms with Gasteiger partial charge in [0.15, 0.2) is 6.61 Å². The number of rotatable bonds is 5. The lowest BCUT2D eigenvalue weighted by atomic mass is 9.94. The Morgan fingerprint density at radius 2 is 2.19 bits per heavy atom. The van der Waals surface area contributed by atoms with Crippen molar-refractivity contribution < 1.29 is 19.1 Å². The summed E-state index contributed by atoms with van der Waals surface area (Å²) in [5.74, 6) is 0.470. The van der Waals surface area contributed by atoms with Crippen molar-refractivity contribution in [3.05, 3.63) is 45.7 Å². The SMILES string of the molecule is CC1(C)C[C@H](n2[nH]c(=O)c3c2NC(=O)CS[C@@H]3c2cccc(OCC(N)=O)c2)CCO1. The van der Waals surface area contributed by atoms with E-state index in [9.17, 15) is 14.4 Å². The second-order valence-corrected chi connectivity index (χ2v) is 9.49. The number of amides is 2. The number of hydrogen-bond acceptors (Lipinski definition) is 6. The van der Waals surface area contributed by atoms with Crippen LogP contribution in [0.5, 0.6) is 5.75 Å². The highest BCUT2D eigenvalue weighted by Gasteiger charge is 2.36. The molecule has 2 aliphatic rings. The van der Waals surface area contributed by atoms with Gasteiger partial charge in [0, 0.05) is 6.61 Å². The number of benzene rings is 1. The molecule has 4 rings (SSSR count). The molecule has 2 aromatic rings. The first-order chi connectivity index (χ1) is 14.7. The van der Waals surface area contributed by atoms with E-state index in [-0.39, 0.29) is 40.7 Å². The minimum Gasteiger partial charge on any atom is -0.484 e. The standard InChI is InChI=1S/C21H26N4O5S/c1-21(2)9-13(6-7-30-21)25-19-17(20(28)24-25)18(31-11-16(27)23-19)12-4-3-5-14(8-12)29-10-15(22)26/h3-5,8,13,18H,6-7,9-11H2,1-2H3,(H2,22,26)(H,23,27)(H,24,28)/t13-,18-/m1/s1. The quantitative estimate of drug-likeness (QED) is 0.644. The van der Waals surface area contributed by atoms with Crippen LogP contribution in [0.4, 0.5) is 5.82 Å². The van der Waals surface area contributed by atoms with Crippen molar-refractivity contribution in [3.8, 4) is 5.75 Å². The summed E-state index contributed by atoms with van der Waals surface area (Å²) in [4.78, 5) is 36.6. The molecule has 4 N–H and O–H groups in total. The van der Waals surface area contributed by atoms with Gasteiger partial charge >= 0.3 is 0 Å². The number of anilines is 1. The largest absolute Gasteiger partial charge is 0.484 e. The normalized spacial score (nSPS) is 22.8. The van der Waals surface area contributed by atoms with Crippen LogP contribution < -0.4 is 21.3 Å². The van der Waals surface area contributed by atoms with E-state index in [0.29, 0.717) is 30.2 Å². The van der Waals surface area contributed by atoms with Crippen LogP contribution in [0.3, 0.4) is 0 Å². The number of nitrogens with zero attached hydrogens (tertiary/aromatic N) is 1. The Morgan fingerprint density at radius 1 is 1.39 bits per heavy atom. The van der Waals surface area contributed by atoms with Crippen LogP contribution in [0.1, 0.15) is 49.1 Å². The first-order valence-corrected chi connectivity index (χ1v) is 11.2. The van der Waals surface area contributed by atoms with Gasteiger partial charge in [-0.1, -0.05) is 12.1 Å². The van der Waals surface area contributed by atoms with E-state index < -0.39 is 5.91 Å². The maximum Gasteiger partial charge on any atom is 0.270 e.